The molecule has 0 aliphatic carbocycles. The summed E-state index contributed by atoms with van der Waals surface area (Å²) in [6.07, 6.45) is 3.53. The zero-order valence-corrected chi connectivity index (χ0v) is 14.0. The molecule has 1 atom stereocenters. The molecule has 1 amide bonds. The minimum absolute atomic E-state index is 0.128. The molecule has 0 unspecified atom stereocenters. The van der Waals surface area contributed by atoms with E-state index in [1.165, 1.54) is 12.1 Å². The number of benzene rings is 1. The number of rotatable bonds is 3. The molecule has 134 valence electrons. The average Bonchev–Trinajstić information content (AvgIpc) is 3.41. The van der Waals surface area contributed by atoms with Crippen molar-refractivity contribution in [3.05, 3.63) is 65.8 Å². The number of H-pyrrole nitrogens is 2. The first-order valence-electron chi connectivity index (χ1n) is 8.42. The summed E-state index contributed by atoms with van der Waals surface area (Å²) in [6, 6.07) is 9.77. The second-order valence-electron chi connectivity index (χ2n) is 6.35. The van der Waals surface area contributed by atoms with Crippen molar-refractivity contribution in [2.45, 2.75) is 12.3 Å². The molecule has 1 aliphatic heterocycles. The van der Waals surface area contributed by atoms with Crippen LogP contribution in [0.5, 0.6) is 0 Å². The van der Waals surface area contributed by atoms with Gasteiger partial charge in [-0.15, -0.1) is 0 Å². The lowest BCUT2D eigenvalue weighted by atomic mass is 9.84. The third kappa shape index (κ3) is 2.53. The highest BCUT2D eigenvalue weighted by molar-refractivity contribution is 5.96. The third-order valence-corrected chi connectivity index (χ3v) is 4.74. The van der Waals surface area contributed by atoms with Crippen molar-refractivity contribution < 1.29 is 13.6 Å². The summed E-state index contributed by atoms with van der Waals surface area (Å²) in [5, 5.41) is 17.1. The predicted octanol–water partition coefficient (Wildman–Crippen LogP) is 3.67. The summed E-state index contributed by atoms with van der Waals surface area (Å²) in [4.78, 5) is 12.3. The lowest BCUT2D eigenvalue weighted by Gasteiger charge is -2.23. The van der Waals surface area contributed by atoms with Crippen molar-refractivity contribution in [3.63, 3.8) is 0 Å². The molecular weight excluding hydrogens is 349 g/mol. The number of nitrogens with one attached hydrogen (secondary N) is 3. The van der Waals surface area contributed by atoms with Crippen molar-refractivity contribution in [3.8, 4) is 22.7 Å². The molecule has 3 N–H and O–H groups in total. The van der Waals surface area contributed by atoms with Crippen molar-refractivity contribution in [2.24, 2.45) is 0 Å². The maximum absolute atomic E-state index is 13.3. The van der Waals surface area contributed by atoms with Crippen LogP contribution in [-0.2, 0) is 4.79 Å². The van der Waals surface area contributed by atoms with Crippen LogP contribution in [0, 0.1) is 5.82 Å². The van der Waals surface area contributed by atoms with Gasteiger partial charge in [0.25, 0.3) is 0 Å². The Morgan fingerprint density at radius 2 is 1.96 bits per heavy atom. The molecular formula is C19H14FN5O2. The highest BCUT2D eigenvalue weighted by Gasteiger charge is 2.34. The topological polar surface area (TPSA) is 99.6 Å². The van der Waals surface area contributed by atoms with Crippen LogP contribution < -0.4 is 5.32 Å². The van der Waals surface area contributed by atoms with E-state index >= 15 is 0 Å². The van der Waals surface area contributed by atoms with Crippen molar-refractivity contribution >= 4 is 11.7 Å². The van der Waals surface area contributed by atoms with Crippen LogP contribution in [0.2, 0.25) is 0 Å². The Balaban J connectivity index is 1.66. The van der Waals surface area contributed by atoms with Gasteiger partial charge in [-0.1, -0.05) is 0 Å². The molecule has 4 heterocycles. The number of nitrogens with zero attached hydrogens (tertiary/aromatic N) is 2. The maximum atomic E-state index is 13.3. The molecule has 0 fully saturated rings. The minimum atomic E-state index is -0.311. The van der Waals surface area contributed by atoms with Crippen LogP contribution in [0.1, 0.15) is 23.5 Å². The number of carbonyl (C=O) groups excluding carboxylic acids is 1. The second-order valence-corrected chi connectivity index (χ2v) is 6.35. The van der Waals surface area contributed by atoms with Gasteiger partial charge in [0, 0.05) is 29.0 Å². The first kappa shape index (κ1) is 15.6. The van der Waals surface area contributed by atoms with E-state index < -0.39 is 0 Å². The van der Waals surface area contributed by atoms with Gasteiger partial charge in [0.15, 0.2) is 11.6 Å². The Hall–Kier alpha value is -3.68. The fourth-order valence-corrected chi connectivity index (χ4v) is 3.54. The second kappa shape index (κ2) is 5.94. The van der Waals surface area contributed by atoms with Crippen molar-refractivity contribution in [1.82, 2.24) is 20.4 Å². The molecule has 0 saturated carbocycles. The lowest BCUT2D eigenvalue weighted by Crippen LogP contribution is -2.23. The van der Waals surface area contributed by atoms with Crippen LogP contribution in [0.25, 0.3) is 22.7 Å². The number of carbonyl (C=O) groups is 1. The number of anilines is 1. The van der Waals surface area contributed by atoms with Gasteiger partial charge < -0.3 is 9.73 Å². The van der Waals surface area contributed by atoms with E-state index in [1.54, 1.807) is 30.7 Å². The molecule has 0 bridgehead atoms. The molecule has 27 heavy (non-hydrogen) atoms. The smallest absolute Gasteiger partial charge is 0.226 e. The largest absolute Gasteiger partial charge is 0.463 e. The van der Waals surface area contributed by atoms with E-state index in [9.17, 15) is 9.18 Å². The molecule has 1 aliphatic rings. The summed E-state index contributed by atoms with van der Waals surface area (Å²) >= 11 is 0. The SMILES string of the molecule is O=C1C[C@H](c2cn[nH]c2-c2ccc(F)cc2)c2c(n[nH]c2-c2ccco2)N1. The normalized spacial score (nSPS) is 16.2. The monoisotopic (exact) mass is 363 g/mol. The van der Waals surface area contributed by atoms with Gasteiger partial charge in [-0.2, -0.15) is 10.2 Å². The quantitative estimate of drug-likeness (QED) is 0.517. The summed E-state index contributed by atoms with van der Waals surface area (Å²) in [5.74, 6) is 0.405. The van der Waals surface area contributed by atoms with Crippen LogP contribution >= 0.6 is 0 Å². The van der Waals surface area contributed by atoms with Crippen LogP contribution in [0.15, 0.2) is 53.3 Å². The first-order valence-corrected chi connectivity index (χ1v) is 8.42. The summed E-state index contributed by atoms with van der Waals surface area (Å²) in [7, 11) is 0. The van der Waals surface area contributed by atoms with Gasteiger partial charge in [-0.05, 0) is 36.4 Å². The Bertz CT molecular complexity index is 1110. The van der Waals surface area contributed by atoms with Gasteiger partial charge in [0.1, 0.15) is 11.5 Å². The van der Waals surface area contributed by atoms with Gasteiger partial charge in [0.05, 0.1) is 18.2 Å². The van der Waals surface area contributed by atoms with E-state index in [0.717, 1.165) is 22.4 Å². The molecule has 1 aromatic carbocycles. The van der Waals surface area contributed by atoms with Gasteiger partial charge in [-0.3, -0.25) is 15.0 Å². The number of halogens is 1. The fourth-order valence-electron chi connectivity index (χ4n) is 3.54. The Morgan fingerprint density at radius 1 is 1.11 bits per heavy atom. The highest BCUT2D eigenvalue weighted by atomic mass is 19.1. The van der Waals surface area contributed by atoms with Crippen molar-refractivity contribution in [1.29, 1.82) is 0 Å². The standard InChI is InChI=1S/C19H14FN5O2/c20-11-5-3-10(4-6-11)17-13(9-21-23-17)12-8-15(26)22-19-16(12)18(24-25-19)14-2-1-7-27-14/h1-7,9,12H,8H2,(H,21,23)(H2,22,24,25,26)/t12-/m1/s1. The average molecular weight is 363 g/mol. The number of fused-ring (bicyclic) bond motifs is 1. The Labute approximate surface area is 152 Å². The molecule has 0 radical (unpaired) electrons. The molecule has 4 aromatic rings. The third-order valence-electron chi connectivity index (χ3n) is 4.74. The number of aromatic amines is 2. The van der Waals surface area contributed by atoms with Gasteiger partial charge in [-0.25, -0.2) is 4.39 Å². The van der Waals surface area contributed by atoms with E-state index in [2.05, 4.69) is 25.7 Å². The van der Waals surface area contributed by atoms with Gasteiger partial charge >= 0.3 is 0 Å². The Morgan fingerprint density at radius 3 is 2.74 bits per heavy atom. The number of hydrogen-bond donors (Lipinski definition) is 3. The minimum Gasteiger partial charge on any atom is -0.463 e. The number of amides is 1. The first-order chi connectivity index (χ1) is 13.2. The van der Waals surface area contributed by atoms with E-state index in [-0.39, 0.29) is 24.1 Å². The maximum Gasteiger partial charge on any atom is 0.226 e. The highest BCUT2D eigenvalue weighted by Crippen LogP contribution is 2.43. The predicted molar refractivity (Wildman–Crippen MR) is 95.4 cm³/mol. The molecule has 8 heteroatoms. The lowest BCUT2D eigenvalue weighted by molar-refractivity contribution is -0.116. The van der Waals surface area contributed by atoms with Gasteiger partial charge in [0.2, 0.25) is 5.91 Å². The van der Waals surface area contributed by atoms with Crippen LogP contribution in [-0.4, -0.2) is 26.3 Å². The molecule has 5 rings (SSSR count). The van der Waals surface area contributed by atoms with E-state index in [0.29, 0.717) is 17.3 Å². The number of furan rings is 1. The fraction of sp³-hybridized carbons (Fsp3) is 0.105. The van der Waals surface area contributed by atoms with E-state index in [4.69, 9.17) is 4.42 Å². The zero-order valence-electron chi connectivity index (χ0n) is 14.0. The number of hydrogen-bond acceptors (Lipinski definition) is 4. The molecule has 7 nitrogen and oxygen atoms in total. The number of aromatic nitrogens is 4. The zero-order chi connectivity index (χ0) is 18.4. The van der Waals surface area contributed by atoms with Crippen LogP contribution in [0.4, 0.5) is 10.2 Å². The van der Waals surface area contributed by atoms with Crippen LogP contribution in [0.3, 0.4) is 0 Å². The summed E-state index contributed by atoms with van der Waals surface area (Å²) in [6.45, 7) is 0. The van der Waals surface area contributed by atoms with E-state index in [1.807, 2.05) is 6.07 Å². The van der Waals surface area contributed by atoms with Crippen molar-refractivity contribution in [2.75, 3.05) is 5.32 Å². The molecule has 0 saturated heterocycles. The Kier molecular flexibility index (Phi) is 3.43. The molecule has 0 spiro atoms. The molecule has 3 aromatic heterocycles. The summed E-state index contributed by atoms with van der Waals surface area (Å²) in [5.41, 5.74) is 3.93. The summed E-state index contributed by atoms with van der Waals surface area (Å²) < 4.78 is 18.8.